The standard InChI is InChI=1S/C26H28N4O5/c1-5-26(33)9-11-29(14-26)25(32)19-13-30-23(15(19)2)20(8-10-28-30)35-17-6-7-18-21(12-17)34-16(3)22(18)24(31)27-4/h6-8,10,12-13,33H,5,9,11,14H2,1-4H3,(H,27,31). The van der Waals surface area contributed by atoms with Crippen molar-refractivity contribution < 1.29 is 23.8 Å². The van der Waals surface area contributed by atoms with Gasteiger partial charge in [-0.15, -0.1) is 0 Å². The lowest BCUT2D eigenvalue weighted by Crippen LogP contribution is -2.35. The lowest BCUT2D eigenvalue weighted by Gasteiger charge is -2.21. The van der Waals surface area contributed by atoms with Crippen molar-refractivity contribution in [3.05, 3.63) is 59.1 Å². The summed E-state index contributed by atoms with van der Waals surface area (Å²) >= 11 is 0. The molecule has 4 heterocycles. The summed E-state index contributed by atoms with van der Waals surface area (Å²) in [5, 5.41) is 18.3. The minimum atomic E-state index is -0.824. The molecule has 35 heavy (non-hydrogen) atoms. The van der Waals surface area contributed by atoms with Crippen molar-refractivity contribution in [3.63, 3.8) is 0 Å². The van der Waals surface area contributed by atoms with E-state index < -0.39 is 5.60 Å². The number of amides is 2. The molecule has 1 saturated heterocycles. The number of likely N-dealkylation sites (tertiary alicyclic amines) is 1. The summed E-state index contributed by atoms with van der Waals surface area (Å²) in [7, 11) is 1.58. The van der Waals surface area contributed by atoms with Gasteiger partial charge >= 0.3 is 0 Å². The van der Waals surface area contributed by atoms with Crippen LogP contribution in [-0.2, 0) is 0 Å². The zero-order valence-corrected chi connectivity index (χ0v) is 20.2. The molecule has 0 aliphatic carbocycles. The highest BCUT2D eigenvalue weighted by Gasteiger charge is 2.37. The van der Waals surface area contributed by atoms with Crippen LogP contribution in [0.5, 0.6) is 11.5 Å². The van der Waals surface area contributed by atoms with Gasteiger partial charge in [0.1, 0.15) is 22.6 Å². The maximum atomic E-state index is 13.3. The first-order chi connectivity index (χ1) is 16.7. The van der Waals surface area contributed by atoms with E-state index in [2.05, 4.69) is 10.4 Å². The summed E-state index contributed by atoms with van der Waals surface area (Å²) in [5.41, 5.74) is 2.19. The van der Waals surface area contributed by atoms with E-state index in [1.165, 1.54) is 0 Å². The summed E-state index contributed by atoms with van der Waals surface area (Å²) < 4.78 is 13.6. The van der Waals surface area contributed by atoms with E-state index in [-0.39, 0.29) is 11.8 Å². The van der Waals surface area contributed by atoms with E-state index >= 15 is 0 Å². The van der Waals surface area contributed by atoms with Gasteiger partial charge in [0.05, 0.1) is 22.9 Å². The van der Waals surface area contributed by atoms with Gasteiger partial charge in [0.15, 0.2) is 5.75 Å². The Morgan fingerprint density at radius 3 is 2.80 bits per heavy atom. The highest BCUT2D eigenvalue weighted by atomic mass is 16.5. The van der Waals surface area contributed by atoms with Crippen LogP contribution in [0.3, 0.4) is 0 Å². The minimum Gasteiger partial charge on any atom is -0.460 e. The Kier molecular flexibility index (Phi) is 5.52. The van der Waals surface area contributed by atoms with E-state index in [1.807, 2.05) is 13.8 Å². The summed E-state index contributed by atoms with van der Waals surface area (Å²) in [5.74, 6) is 1.27. The normalized spacial score (nSPS) is 17.9. The Balaban J connectivity index is 1.48. The molecule has 4 aromatic rings. The van der Waals surface area contributed by atoms with Crippen molar-refractivity contribution in [1.82, 2.24) is 19.8 Å². The predicted octanol–water partition coefficient (Wildman–Crippen LogP) is 3.84. The van der Waals surface area contributed by atoms with Crippen LogP contribution in [0.4, 0.5) is 0 Å². The molecule has 0 radical (unpaired) electrons. The number of aromatic nitrogens is 2. The Morgan fingerprint density at radius 1 is 1.29 bits per heavy atom. The van der Waals surface area contributed by atoms with Crippen molar-refractivity contribution in [1.29, 1.82) is 0 Å². The number of hydrogen-bond acceptors (Lipinski definition) is 6. The van der Waals surface area contributed by atoms with E-state index in [9.17, 15) is 14.7 Å². The van der Waals surface area contributed by atoms with Crippen molar-refractivity contribution in [2.75, 3.05) is 20.1 Å². The number of aliphatic hydroxyl groups is 1. The van der Waals surface area contributed by atoms with Crippen LogP contribution in [-0.4, -0.2) is 57.2 Å². The van der Waals surface area contributed by atoms with E-state index in [0.29, 0.717) is 70.8 Å². The average molecular weight is 477 g/mol. The van der Waals surface area contributed by atoms with Crippen molar-refractivity contribution in [2.24, 2.45) is 0 Å². The van der Waals surface area contributed by atoms with Crippen LogP contribution in [0.25, 0.3) is 16.5 Å². The Bertz CT molecular complexity index is 1470. The molecular formula is C26H28N4O5. The van der Waals surface area contributed by atoms with Gasteiger partial charge in [-0.3, -0.25) is 9.59 Å². The van der Waals surface area contributed by atoms with Crippen LogP contribution in [0.15, 0.2) is 41.1 Å². The molecule has 9 heteroatoms. The first-order valence-electron chi connectivity index (χ1n) is 11.7. The number of rotatable bonds is 5. The fourth-order valence-corrected chi connectivity index (χ4v) is 4.81. The Labute approximate surface area is 202 Å². The van der Waals surface area contributed by atoms with Gasteiger partial charge in [0.2, 0.25) is 0 Å². The van der Waals surface area contributed by atoms with Gasteiger partial charge in [-0.2, -0.15) is 5.10 Å². The van der Waals surface area contributed by atoms with Crippen LogP contribution in [0, 0.1) is 13.8 Å². The average Bonchev–Trinajstić information content (AvgIpc) is 3.51. The summed E-state index contributed by atoms with van der Waals surface area (Å²) in [4.78, 5) is 27.2. The van der Waals surface area contributed by atoms with Crippen molar-refractivity contribution in [2.45, 2.75) is 39.2 Å². The number of carbonyl (C=O) groups is 2. The number of nitrogens with zero attached hydrogens (tertiary/aromatic N) is 3. The molecule has 2 amide bonds. The molecule has 9 nitrogen and oxygen atoms in total. The van der Waals surface area contributed by atoms with Crippen LogP contribution in [0.1, 0.15) is 51.8 Å². The second-order valence-electron chi connectivity index (χ2n) is 9.08. The Morgan fingerprint density at radius 2 is 2.09 bits per heavy atom. The maximum Gasteiger partial charge on any atom is 0.255 e. The van der Waals surface area contributed by atoms with Gasteiger partial charge in [-0.05, 0) is 44.4 Å². The number of benzene rings is 1. The monoisotopic (exact) mass is 476 g/mol. The molecule has 1 atom stereocenters. The fourth-order valence-electron chi connectivity index (χ4n) is 4.81. The molecule has 2 N–H and O–H groups in total. The SMILES string of the molecule is CCC1(O)CCN(C(=O)c2cn3nccc(Oc4ccc5c(C(=O)NC)c(C)oc5c4)c3c2C)C1. The molecule has 1 aromatic carbocycles. The molecule has 5 rings (SSSR count). The third-order valence-corrected chi connectivity index (χ3v) is 6.92. The molecule has 0 saturated carbocycles. The number of aryl methyl sites for hydroxylation is 2. The Hall–Kier alpha value is -3.85. The number of furan rings is 1. The molecule has 3 aromatic heterocycles. The zero-order valence-electron chi connectivity index (χ0n) is 20.2. The number of nitrogens with one attached hydrogen (secondary N) is 1. The topological polar surface area (TPSA) is 109 Å². The number of ether oxygens (including phenoxy) is 1. The maximum absolute atomic E-state index is 13.3. The molecule has 182 valence electrons. The quantitative estimate of drug-likeness (QED) is 0.453. The molecular weight excluding hydrogens is 448 g/mol. The van der Waals surface area contributed by atoms with E-state index in [4.69, 9.17) is 9.15 Å². The smallest absolute Gasteiger partial charge is 0.255 e. The van der Waals surface area contributed by atoms with Gasteiger partial charge in [-0.25, -0.2) is 4.52 Å². The minimum absolute atomic E-state index is 0.127. The largest absolute Gasteiger partial charge is 0.460 e. The second-order valence-corrected chi connectivity index (χ2v) is 9.08. The molecule has 1 aliphatic heterocycles. The first-order valence-corrected chi connectivity index (χ1v) is 11.7. The van der Waals surface area contributed by atoms with Gasteiger partial charge in [0, 0.05) is 43.9 Å². The third kappa shape index (κ3) is 3.81. The highest BCUT2D eigenvalue weighted by Crippen LogP contribution is 2.35. The van der Waals surface area contributed by atoms with E-state index in [1.54, 1.807) is 60.0 Å². The summed E-state index contributed by atoms with van der Waals surface area (Å²) in [6.07, 6.45) is 4.50. The van der Waals surface area contributed by atoms with Gasteiger partial charge in [0.25, 0.3) is 11.8 Å². The predicted molar refractivity (Wildman–Crippen MR) is 130 cm³/mol. The molecule has 1 aliphatic rings. The van der Waals surface area contributed by atoms with Crippen molar-refractivity contribution in [3.8, 4) is 11.5 Å². The molecule has 1 unspecified atom stereocenters. The second kappa shape index (κ2) is 8.42. The van der Waals surface area contributed by atoms with Crippen LogP contribution < -0.4 is 10.1 Å². The lowest BCUT2D eigenvalue weighted by molar-refractivity contribution is 0.0413. The van der Waals surface area contributed by atoms with E-state index in [0.717, 1.165) is 5.56 Å². The number of fused-ring (bicyclic) bond motifs is 2. The molecule has 0 spiro atoms. The lowest BCUT2D eigenvalue weighted by atomic mass is 10.0. The number of hydrogen-bond donors (Lipinski definition) is 2. The number of carbonyl (C=O) groups excluding carboxylic acids is 2. The summed E-state index contributed by atoms with van der Waals surface area (Å²) in [6.45, 7) is 6.40. The first kappa shape index (κ1) is 22.9. The van der Waals surface area contributed by atoms with Crippen molar-refractivity contribution >= 4 is 28.3 Å². The number of β-amino-alcohol motifs (C(OH)–C–C–N with tert-alkyl or cyclic N) is 1. The summed E-state index contributed by atoms with van der Waals surface area (Å²) in [6, 6.07) is 7.06. The third-order valence-electron chi connectivity index (χ3n) is 6.92. The highest BCUT2D eigenvalue weighted by molar-refractivity contribution is 6.07. The van der Waals surface area contributed by atoms with Gasteiger partial charge < -0.3 is 24.5 Å². The molecule has 0 bridgehead atoms. The van der Waals surface area contributed by atoms with Gasteiger partial charge in [-0.1, -0.05) is 6.92 Å². The van der Waals surface area contributed by atoms with Crippen LogP contribution in [0.2, 0.25) is 0 Å². The zero-order chi connectivity index (χ0) is 24.9. The van der Waals surface area contributed by atoms with Crippen LogP contribution >= 0.6 is 0 Å². The molecule has 1 fully saturated rings. The fraction of sp³-hybridized carbons (Fsp3) is 0.346.